The smallest absolute Gasteiger partial charge is 0.340 e. The third kappa shape index (κ3) is 1.76. The van der Waals surface area contributed by atoms with E-state index in [9.17, 15) is 4.79 Å². The second-order valence-electron chi connectivity index (χ2n) is 3.61. The molecule has 0 bridgehead atoms. The molecule has 0 fully saturated rings. The average molecular weight is 222 g/mol. The van der Waals surface area contributed by atoms with Gasteiger partial charge in [-0.2, -0.15) is 0 Å². The Kier molecular flexibility index (Phi) is 2.74. The number of thioether (sulfide) groups is 1. The minimum Gasteiger partial charge on any atom is -0.444 e. The Balaban J connectivity index is 2.41. The summed E-state index contributed by atoms with van der Waals surface area (Å²) in [4.78, 5) is 12.5. The van der Waals surface area contributed by atoms with Crippen LogP contribution in [-0.4, -0.2) is 10.9 Å². The minimum absolute atomic E-state index is 0.187. The molecule has 0 amide bonds. The maximum Gasteiger partial charge on any atom is 0.340 e. The molecule has 2 nitrogen and oxygen atoms in total. The van der Waals surface area contributed by atoms with Crippen LogP contribution < -0.4 is 0 Å². The van der Waals surface area contributed by atoms with E-state index in [1.165, 1.54) is 0 Å². The number of cyclic esters (lactones) is 1. The lowest BCUT2D eigenvalue weighted by molar-refractivity contribution is 0.0150. The lowest BCUT2D eigenvalue weighted by atomic mass is 10.2. The summed E-state index contributed by atoms with van der Waals surface area (Å²) in [7, 11) is 0. The molecular weight excluding hydrogens is 208 g/mol. The first kappa shape index (κ1) is 10.6. The largest absolute Gasteiger partial charge is 0.444 e. The van der Waals surface area contributed by atoms with Crippen LogP contribution in [0.15, 0.2) is 29.2 Å². The molecule has 80 valence electrons. The summed E-state index contributed by atoms with van der Waals surface area (Å²) < 4.78 is 5.52. The van der Waals surface area contributed by atoms with Crippen molar-refractivity contribution < 1.29 is 9.53 Å². The fourth-order valence-corrected chi connectivity index (χ4v) is 2.92. The molecule has 0 unspecified atom stereocenters. The van der Waals surface area contributed by atoms with E-state index in [2.05, 4.69) is 13.8 Å². The van der Waals surface area contributed by atoms with Crippen LogP contribution in [0.5, 0.6) is 0 Å². The molecule has 1 aliphatic heterocycles. The van der Waals surface area contributed by atoms with Gasteiger partial charge in [0, 0.05) is 4.90 Å². The summed E-state index contributed by atoms with van der Waals surface area (Å²) in [6.07, 6.45) is 1.68. The number of esters is 1. The Hall–Kier alpha value is -0.960. The zero-order valence-electron chi connectivity index (χ0n) is 8.95. The van der Waals surface area contributed by atoms with Crippen molar-refractivity contribution in [3.05, 3.63) is 29.8 Å². The molecular formula is C12H14O2S. The van der Waals surface area contributed by atoms with E-state index in [-0.39, 0.29) is 10.9 Å². The zero-order valence-corrected chi connectivity index (χ0v) is 9.76. The van der Waals surface area contributed by atoms with Crippen LogP contribution in [0.3, 0.4) is 0 Å². The van der Waals surface area contributed by atoms with Crippen molar-refractivity contribution in [3.63, 3.8) is 0 Å². The van der Waals surface area contributed by atoms with Gasteiger partial charge < -0.3 is 4.74 Å². The van der Waals surface area contributed by atoms with Gasteiger partial charge in [-0.05, 0) is 25.0 Å². The topological polar surface area (TPSA) is 26.3 Å². The lowest BCUT2D eigenvalue weighted by Crippen LogP contribution is -2.33. The van der Waals surface area contributed by atoms with Gasteiger partial charge in [0.25, 0.3) is 0 Å². The van der Waals surface area contributed by atoms with Crippen molar-refractivity contribution in [1.82, 2.24) is 0 Å². The van der Waals surface area contributed by atoms with Crippen molar-refractivity contribution >= 4 is 17.7 Å². The van der Waals surface area contributed by atoms with Crippen molar-refractivity contribution in [1.29, 1.82) is 0 Å². The molecule has 0 aromatic heterocycles. The van der Waals surface area contributed by atoms with Crippen LogP contribution in [0.4, 0.5) is 0 Å². The number of fused-ring (bicyclic) bond motifs is 1. The van der Waals surface area contributed by atoms with Crippen molar-refractivity contribution in [2.75, 3.05) is 0 Å². The molecule has 0 saturated carbocycles. The van der Waals surface area contributed by atoms with Crippen LogP contribution >= 0.6 is 11.8 Å². The van der Waals surface area contributed by atoms with Crippen molar-refractivity contribution in [3.8, 4) is 0 Å². The standard InChI is InChI=1S/C12H14O2S/c1-3-12(4-2)14-11(13)9-7-5-6-8-10(9)15-12/h5-8H,3-4H2,1-2H3. The molecule has 2 rings (SSSR count). The normalized spacial score (nSPS) is 18.1. The van der Waals surface area contributed by atoms with Crippen LogP contribution in [-0.2, 0) is 4.74 Å². The Morgan fingerprint density at radius 2 is 1.93 bits per heavy atom. The van der Waals surface area contributed by atoms with Gasteiger partial charge in [0.15, 0.2) is 4.93 Å². The molecule has 15 heavy (non-hydrogen) atoms. The molecule has 0 spiro atoms. The van der Waals surface area contributed by atoms with E-state index in [4.69, 9.17) is 4.74 Å². The highest BCUT2D eigenvalue weighted by Gasteiger charge is 2.38. The molecule has 0 atom stereocenters. The van der Waals surface area contributed by atoms with Gasteiger partial charge in [0.1, 0.15) is 0 Å². The minimum atomic E-state index is -0.356. The number of ether oxygens (including phenoxy) is 1. The second-order valence-corrected chi connectivity index (χ2v) is 4.99. The maximum atomic E-state index is 11.8. The van der Waals surface area contributed by atoms with Gasteiger partial charge in [-0.15, -0.1) is 0 Å². The summed E-state index contributed by atoms with van der Waals surface area (Å²) in [6.45, 7) is 4.11. The highest BCUT2D eigenvalue weighted by molar-refractivity contribution is 8.00. The SMILES string of the molecule is CCC1(CC)OC(=O)c2ccccc2S1. The Morgan fingerprint density at radius 1 is 1.27 bits per heavy atom. The Labute approximate surface area is 94.0 Å². The van der Waals surface area contributed by atoms with Crippen molar-refractivity contribution in [2.45, 2.75) is 36.5 Å². The first-order valence-corrected chi connectivity index (χ1v) is 6.04. The van der Waals surface area contributed by atoms with Crippen molar-refractivity contribution in [2.24, 2.45) is 0 Å². The Bertz CT molecular complexity index is 383. The Morgan fingerprint density at radius 3 is 2.60 bits per heavy atom. The average Bonchev–Trinajstić information content (AvgIpc) is 2.29. The molecule has 1 heterocycles. The first-order valence-electron chi connectivity index (χ1n) is 5.22. The van der Waals surface area contributed by atoms with E-state index in [1.54, 1.807) is 11.8 Å². The van der Waals surface area contributed by atoms with Gasteiger partial charge in [-0.1, -0.05) is 37.7 Å². The fraction of sp³-hybridized carbons (Fsp3) is 0.417. The first-order chi connectivity index (χ1) is 7.21. The molecule has 0 saturated heterocycles. The summed E-state index contributed by atoms with van der Waals surface area (Å²) in [6, 6.07) is 7.63. The highest BCUT2D eigenvalue weighted by atomic mass is 32.2. The third-order valence-electron chi connectivity index (χ3n) is 2.76. The number of carbonyl (C=O) groups excluding carboxylic acids is 1. The van der Waals surface area contributed by atoms with Gasteiger partial charge in [-0.25, -0.2) is 4.79 Å². The summed E-state index contributed by atoms with van der Waals surface area (Å²) in [5, 5.41) is 0. The summed E-state index contributed by atoms with van der Waals surface area (Å²) >= 11 is 1.67. The number of benzene rings is 1. The number of rotatable bonds is 2. The molecule has 0 radical (unpaired) electrons. The summed E-state index contributed by atoms with van der Waals surface area (Å²) in [5.41, 5.74) is 0.694. The van der Waals surface area contributed by atoms with Crippen LogP contribution in [0.25, 0.3) is 0 Å². The quantitative estimate of drug-likeness (QED) is 0.717. The van der Waals surface area contributed by atoms with Gasteiger partial charge in [0.2, 0.25) is 0 Å². The highest BCUT2D eigenvalue weighted by Crippen LogP contribution is 2.45. The monoisotopic (exact) mass is 222 g/mol. The molecule has 0 aliphatic carbocycles. The maximum absolute atomic E-state index is 11.8. The van der Waals surface area contributed by atoms with E-state index in [0.29, 0.717) is 5.56 Å². The molecule has 0 N–H and O–H groups in total. The third-order valence-corrected chi connectivity index (χ3v) is 4.37. The fourth-order valence-electron chi connectivity index (χ4n) is 1.71. The van der Waals surface area contributed by atoms with Crippen LogP contribution in [0.2, 0.25) is 0 Å². The van der Waals surface area contributed by atoms with E-state index in [0.717, 1.165) is 17.7 Å². The van der Waals surface area contributed by atoms with Crippen LogP contribution in [0.1, 0.15) is 37.0 Å². The number of carbonyl (C=O) groups is 1. The zero-order chi connectivity index (χ0) is 10.9. The predicted octanol–water partition coefficient (Wildman–Crippen LogP) is 3.47. The lowest BCUT2D eigenvalue weighted by Gasteiger charge is -2.35. The van der Waals surface area contributed by atoms with Gasteiger partial charge >= 0.3 is 5.97 Å². The molecule has 1 aromatic carbocycles. The van der Waals surface area contributed by atoms with E-state index >= 15 is 0 Å². The number of hydrogen-bond donors (Lipinski definition) is 0. The van der Waals surface area contributed by atoms with Crippen LogP contribution in [0, 0.1) is 0 Å². The van der Waals surface area contributed by atoms with Gasteiger partial charge in [-0.3, -0.25) is 0 Å². The van der Waals surface area contributed by atoms with E-state index < -0.39 is 0 Å². The number of hydrogen-bond acceptors (Lipinski definition) is 3. The summed E-state index contributed by atoms with van der Waals surface area (Å²) in [5.74, 6) is -0.187. The molecule has 1 aliphatic rings. The molecule has 3 heteroatoms. The van der Waals surface area contributed by atoms with E-state index in [1.807, 2.05) is 24.3 Å². The second kappa shape index (κ2) is 3.89. The molecule has 1 aromatic rings. The van der Waals surface area contributed by atoms with Gasteiger partial charge in [0.05, 0.1) is 5.56 Å². The predicted molar refractivity (Wildman–Crippen MR) is 61.0 cm³/mol.